The minimum Gasteiger partial charge on any atom is -0.383 e. The summed E-state index contributed by atoms with van der Waals surface area (Å²) in [6.07, 6.45) is -1.21. The number of rotatable bonds is 6. The van der Waals surface area contributed by atoms with E-state index in [1.54, 1.807) is 30.3 Å². The van der Waals surface area contributed by atoms with E-state index in [0.717, 1.165) is 15.6 Å². The quantitative estimate of drug-likeness (QED) is 0.762. The van der Waals surface area contributed by atoms with Crippen molar-refractivity contribution in [1.29, 1.82) is 0 Å². The summed E-state index contributed by atoms with van der Waals surface area (Å²) in [5.41, 5.74) is 1.72. The highest BCUT2D eigenvalue weighted by atomic mass is 79.9. The fraction of sp³-hybridized carbons (Fsp3) is 0.235. The average molecular weight is 412 g/mol. The number of hydrogen-bond donors (Lipinski definition) is 2. The van der Waals surface area contributed by atoms with Crippen molar-refractivity contribution < 1.29 is 18.3 Å². The van der Waals surface area contributed by atoms with Crippen LogP contribution < -0.4 is 5.32 Å². The maximum absolute atomic E-state index is 12.2. The number of hydrogen-bond acceptors (Lipinski definition) is 4. The Bertz CT molecular complexity index is 819. The summed E-state index contributed by atoms with van der Waals surface area (Å²) < 4.78 is 25.2. The fourth-order valence-electron chi connectivity index (χ4n) is 2.09. The number of benzene rings is 2. The second kappa shape index (κ2) is 7.92. The van der Waals surface area contributed by atoms with Gasteiger partial charge in [0.15, 0.2) is 9.84 Å². The molecule has 2 aromatic carbocycles. The van der Waals surface area contributed by atoms with Gasteiger partial charge in [0.2, 0.25) is 5.91 Å². The number of nitrogens with one attached hydrogen (secondary N) is 1. The van der Waals surface area contributed by atoms with Crippen LogP contribution in [-0.2, 0) is 21.1 Å². The van der Waals surface area contributed by atoms with E-state index in [9.17, 15) is 18.3 Å². The standard InChI is InChI=1S/C17H18BrNO4S/c1-12-5-7-15(8-6-12)24(22,23)11-19-17(21)16(20)10-13-3-2-4-14(18)9-13/h2-9,16,20H,10-11H2,1H3,(H,19,21). The first kappa shape index (κ1) is 18.6. The molecule has 24 heavy (non-hydrogen) atoms. The van der Waals surface area contributed by atoms with Crippen molar-refractivity contribution in [3.63, 3.8) is 0 Å². The van der Waals surface area contributed by atoms with Crippen LogP contribution in [0.25, 0.3) is 0 Å². The molecule has 0 bridgehead atoms. The van der Waals surface area contributed by atoms with Gasteiger partial charge >= 0.3 is 0 Å². The molecule has 128 valence electrons. The summed E-state index contributed by atoms with van der Waals surface area (Å²) >= 11 is 3.32. The molecule has 0 saturated carbocycles. The van der Waals surface area contributed by atoms with Crippen LogP contribution in [0.4, 0.5) is 0 Å². The third kappa shape index (κ3) is 5.15. The first-order valence-electron chi connectivity index (χ1n) is 7.27. The molecule has 0 heterocycles. The van der Waals surface area contributed by atoms with E-state index in [-0.39, 0.29) is 11.3 Å². The lowest BCUT2D eigenvalue weighted by molar-refractivity contribution is -0.128. The Kier molecular flexibility index (Phi) is 6.15. The van der Waals surface area contributed by atoms with Crippen molar-refractivity contribution in [3.05, 3.63) is 64.1 Å². The molecule has 7 heteroatoms. The van der Waals surface area contributed by atoms with Crippen molar-refractivity contribution in [2.75, 3.05) is 5.88 Å². The minimum atomic E-state index is -3.64. The van der Waals surface area contributed by atoms with Crippen molar-refractivity contribution in [1.82, 2.24) is 5.32 Å². The summed E-state index contributed by atoms with van der Waals surface area (Å²) in [5.74, 6) is -1.27. The molecule has 1 amide bonds. The third-order valence-corrected chi connectivity index (χ3v) is 5.45. The highest BCUT2D eigenvalue weighted by Gasteiger charge is 2.20. The molecule has 0 aliphatic carbocycles. The number of halogens is 1. The van der Waals surface area contributed by atoms with Crippen LogP contribution in [0.2, 0.25) is 0 Å². The predicted molar refractivity (Wildman–Crippen MR) is 95.2 cm³/mol. The van der Waals surface area contributed by atoms with Gasteiger partial charge in [-0.3, -0.25) is 4.79 Å². The van der Waals surface area contributed by atoms with Crippen molar-refractivity contribution >= 4 is 31.7 Å². The number of amides is 1. The van der Waals surface area contributed by atoms with Gasteiger partial charge in [-0.05, 0) is 36.8 Å². The van der Waals surface area contributed by atoms with E-state index in [2.05, 4.69) is 21.2 Å². The molecule has 0 fully saturated rings. The number of sulfone groups is 1. The molecule has 0 aliphatic rings. The summed E-state index contributed by atoms with van der Waals surface area (Å²) in [6.45, 7) is 1.86. The number of aliphatic hydroxyl groups excluding tert-OH is 1. The zero-order chi connectivity index (χ0) is 17.7. The summed E-state index contributed by atoms with van der Waals surface area (Å²) in [7, 11) is -3.64. The molecule has 0 aliphatic heterocycles. The zero-order valence-corrected chi connectivity index (χ0v) is 15.5. The van der Waals surface area contributed by atoms with Crippen molar-refractivity contribution in [2.24, 2.45) is 0 Å². The van der Waals surface area contributed by atoms with Crippen LogP contribution in [-0.4, -0.2) is 31.4 Å². The monoisotopic (exact) mass is 411 g/mol. The molecule has 0 saturated heterocycles. The highest BCUT2D eigenvalue weighted by Crippen LogP contribution is 2.14. The Balaban J connectivity index is 1.95. The van der Waals surface area contributed by atoms with Crippen LogP contribution in [0, 0.1) is 6.92 Å². The smallest absolute Gasteiger partial charge is 0.250 e. The van der Waals surface area contributed by atoms with E-state index in [1.165, 1.54) is 12.1 Å². The zero-order valence-electron chi connectivity index (χ0n) is 13.1. The van der Waals surface area contributed by atoms with Gasteiger partial charge in [-0.15, -0.1) is 0 Å². The van der Waals surface area contributed by atoms with Crippen LogP contribution in [0.5, 0.6) is 0 Å². The maximum atomic E-state index is 12.2. The molecule has 2 N–H and O–H groups in total. The maximum Gasteiger partial charge on any atom is 0.250 e. The first-order valence-corrected chi connectivity index (χ1v) is 9.72. The van der Waals surface area contributed by atoms with Gasteiger partial charge in [-0.25, -0.2) is 8.42 Å². The predicted octanol–water partition coefficient (Wildman–Crippen LogP) is 2.21. The molecule has 2 rings (SSSR count). The van der Waals surface area contributed by atoms with E-state index < -0.39 is 27.7 Å². The number of carbonyl (C=O) groups is 1. The number of aryl methyl sites for hydroxylation is 1. The molecule has 1 atom stereocenters. The van der Waals surface area contributed by atoms with E-state index in [4.69, 9.17) is 0 Å². The van der Waals surface area contributed by atoms with Crippen LogP contribution in [0.1, 0.15) is 11.1 Å². The molecule has 0 aromatic heterocycles. The second-order valence-corrected chi connectivity index (χ2v) is 8.37. The average Bonchev–Trinajstić information content (AvgIpc) is 2.53. The molecule has 0 radical (unpaired) electrons. The number of aliphatic hydroxyl groups is 1. The van der Waals surface area contributed by atoms with Gasteiger partial charge in [0, 0.05) is 10.9 Å². The van der Waals surface area contributed by atoms with Gasteiger partial charge in [-0.1, -0.05) is 45.8 Å². The minimum absolute atomic E-state index is 0.107. The highest BCUT2D eigenvalue weighted by molar-refractivity contribution is 9.10. The SMILES string of the molecule is Cc1ccc(S(=O)(=O)CNC(=O)C(O)Cc2cccc(Br)c2)cc1. The molecular formula is C17H18BrNO4S. The third-order valence-electron chi connectivity index (χ3n) is 3.44. The summed E-state index contributed by atoms with van der Waals surface area (Å²) in [4.78, 5) is 12.1. The Morgan fingerprint density at radius 1 is 1.21 bits per heavy atom. The van der Waals surface area contributed by atoms with Gasteiger partial charge in [0.05, 0.1) is 4.90 Å². The lowest BCUT2D eigenvalue weighted by Gasteiger charge is -2.12. The lowest BCUT2D eigenvalue weighted by Crippen LogP contribution is -2.38. The largest absolute Gasteiger partial charge is 0.383 e. The van der Waals surface area contributed by atoms with Crippen LogP contribution in [0.15, 0.2) is 57.9 Å². The molecule has 1 unspecified atom stereocenters. The Morgan fingerprint density at radius 3 is 2.50 bits per heavy atom. The van der Waals surface area contributed by atoms with Gasteiger partial charge < -0.3 is 10.4 Å². The summed E-state index contributed by atoms with van der Waals surface area (Å²) in [6, 6.07) is 13.6. The molecule has 5 nitrogen and oxygen atoms in total. The first-order chi connectivity index (χ1) is 11.3. The number of carbonyl (C=O) groups excluding carboxylic acids is 1. The molecular weight excluding hydrogens is 394 g/mol. The van der Waals surface area contributed by atoms with Gasteiger partial charge in [0.25, 0.3) is 0 Å². The van der Waals surface area contributed by atoms with Gasteiger partial charge in [0.1, 0.15) is 12.0 Å². The summed E-state index contributed by atoms with van der Waals surface area (Å²) in [5, 5.41) is 12.2. The topological polar surface area (TPSA) is 83.5 Å². The Morgan fingerprint density at radius 2 is 1.88 bits per heavy atom. The normalized spacial score (nSPS) is 12.6. The van der Waals surface area contributed by atoms with Crippen LogP contribution in [0.3, 0.4) is 0 Å². The lowest BCUT2D eigenvalue weighted by atomic mass is 10.1. The Labute approximate surface area is 149 Å². The van der Waals surface area contributed by atoms with Gasteiger partial charge in [-0.2, -0.15) is 0 Å². The van der Waals surface area contributed by atoms with Crippen molar-refractivity contribution in [3.8, 4) is 0 Å². The molecule has 0 spiro atoms. The fourth-order valence-corrected chi connectivity index (χ4v) is 3.59. The second-order valence-electron chi connectivity index (χ2n) is 5.46. The van der Waals surface area contributed by atoms with E-state index in [0.29, 0.717) is 0 Å². The van der Waals surface area contributed by atoms with Crippen molar-refractivity contribution in [2.45, 2.75) is 24.3 Å². The Hall–Kier alpha value is -1.70. The molecule has 2 aromatic rings. The van der Waals surface area contributed by atoms with Crippen LogP contribution >= 0.6 is 15.9 Å². The van der Waals surface area contributed by atoms with E-state index in [1.807, 2.05) is 13.0 Å². The van der Waals surface area contributed by atoms with E-state index >= 15 is 0 Å².